The number of amides is 2. The largest absolute Gasteiger partial charge is 0.481 e. The van der Waals surface area contributed by atoms with Gasteiger partial charge in [-0.15, -0.1) is 0 Å². The molecular weight excluding hydrogens is 350 g/mol. The number of carbonyl (C=O) groups is 2. The van der Waals surface area contributed by atoms with Crippen LogP contribution in [0.2, 0.25) is 0 Å². The van der Waals surface area contributed by atoms with E-state index >= 15 is 0 Å². The van der Waals surface area contributed by atoms with Crippen LogP contribution >= 0.6 is 15.9 Å². The molecule has 116 valence electrons. The molecule has 0 aliphatic rings. The smallest absolute Gasteiger partial charge is 0.322 e. The van der Waals surface area contributed by atoms with Gasteiger partial charge in [0.2, 0.25) is 0 Å². The molecule has 0 saturated heterocycles. The summed E-state index contributed by atoms with van der Waals surface area (Å²) in [5.41, 5.74) is -0.192. The predicted molar refractivity (Wildman–Crippen MR) is 77.2 cm³/mol. The minimum absolute atomic E-state index is 0.0651. The summed E-state index contributed by atoms with van der Waals surface area (Å²) in [5.74, 6) is -2.73. The van der Waals surface area contributed by atoms with Gasteiger partial charge in [-0.1, -0.05) is 0 Å². The summed E-state index contributed by atoms with van der Waals surface area (Å²) in [6.45, 7) is 3.50. The maximum atomic E-state index is 13.7. The molecule has 0 aliphatic heterocycles. The van der Waals surface area contributed by atoms with Gasteiger partial charge in [-0.3, -0.25) is 4.79 Å². The van der Waals surface area contributed by atoms with Crippen LogP contribution in [-0.4, -0.2) is 34.6 Å². The Morgan fingerprint density at radius 3 is 2.52 bits per heavy atom. The van der Waals surface area contributed by atoms with Crippen molar-refractivity contribution in [1.29, 1.82) is 0 Å². The molecule has 2 amide bonds. The summed E-state index contributed by atoms with van der Waals surface area (Å²) in [5, 5.41) is 11.1. The van der Waals surface area contributed by atoms with E-state index in [0.717, 1.165) is 6.07 Å². The number of carbonyl (C=O) groups excluding carboxylic acids is 1. The fourth-order valence-electron chi connectivity index (χ4n) is 1.86. The van der Waals surface area contributed by atoms with Crippen molar-refractivity contribution in [3.05, 3.63) is 28.2 Å². The Morgan fingerprint density at radius 2 is 2.05 bits per heavy atom. The van der Waals surface area contributed by atoms with E-state index in [9.17, 15) is 18.4 Å². The second-order valence-electron chi connectivity index (χ2n) is 4.41. The molecule has 0 heterocycles. The zero-order valence-corrected chi connectivity index (χ0v) is 13.1. The van der Waals surface area contributed by atoms with Gasteiger partial charge in [0.25, 0.3) is 0 Å². The number of hydrogen-bond donors (Lipinski definition) is 2. The number of aliphatic carboxylic acids is 1. The number of hydrogen-bond acceptors (Lipinski definition) is 2. The zero-order valence-electron chi connectivity index (χ0n) is 11.5. The molecule has 5 nitrogen and oxygen atoms in total. The Kier molecular flexibility index (Phi) is 6.07. The second-order valence-corrected chi connectivity index (χ2v) is 5.26. The summed E-state index contributed by atoms with van der Waals surface area (Å²) in [7, 11) is 0. The van der Waals surface area contributed by atoms with Crippen molar-refractivity contribution in [1.82, 2.24) is 4.90 Å². The molecule has 1 unspecified atom stereocenters. The van der Waals surface area contributed by atoms with Crippen LogP contribution in [0.5, 0.6) is 0 Å². The summed E-state index contributed by atoms with van der Waals surface area (Å²) in [4.78, 5) is 24.0. The van der Waals surface area contributed by atoms with Crippen molar-refractivity contribution >= 4 is 33.6 Å². The number of rotatable bonds is 5. The van der Waals surface area contributed by atoms with Crippen LogP contribution in [0.25, 0.3) is 0 Å². The highest BCUT2D eigenvalue weighted by Gasteiger charge is 2.22. The fourth-order valence-corrected chi connectivity index (χ4v) is 2.37. The third-order valence-electron chi connectivity index (χ3n) is 2.84. The lowest BCUT2D eigenvalue weighted by atomic mass is 10.2. The molecule has 8 heteroatoms. The molecule has 2 N–H and O–H groups in total. The standard InChI is InChI=1S/C13H15BrF2N2O3/c1-3-18(7(2)4-11(19)20)13(21)17-12-9(14)5-8(15)6-10(12)16/h5-7H,3-4H2,1-2H3,(H,17,21)(H,19,20). The van der Waals surface area contributed by atoms with Crippen LogP contribution < -0.4 is 5.32 Å². The van der Waals surface area contributed by atoms with Gasteiger partial charge in [0, 0.05) is 23.1 Å². The molecule has 1 rings (SSSR count). The Bertz CT molecular complexity index is 531. The quantitative estimate of drug-likeness (QED) is 0.840. The van der Waals surface area contributed by atoms with E-state index in [1.165, 1.54) is 4.90 Å². The van der Waals surface area contributed by atoms with E-state index in [4.69, 9.17) is 5.11 Å². The number of halogens is 3. The van der Waals surface area contributed by atoms with Crippen LogP contribution in [0, 0.1) is 11.6 Å². The first-order valence-electron chi connectivity index (χ1n) is 6.20. The minimum atomic E-state index is -1.04. The van der Waals surface area contributed by atoms with Crippen molar-refractivity contribution in [3.8, 4) is 0 Å². The van der Waals surface area contributed by atoms with Gasteiger partial charge in [0.1, 0.15) is 5.82 Å². The molecule has 0 radical (unpaired) electrons. The molecule has 0 fully saturated rings. The number of nitrogens with zero attached hydrogens (tertiary/aromatic N) is 1. The lowest BCUT2D eigenvalue weighted by molar-refractivity contribution is -0.137. The first kappa shape index (κ1) is 17.4. The van der Waals surface area contributed by atoms with Gasteiger partial charge < -0.3 is 15.3 Å². The molecule has 0 spiro atoms. The van der Waals surface area contributed by atoms with Crippen molar-refractivity contribution in [3.63, 3.8) is 0 Å². The first-order valence-corrected chi connectivity index (χ1v) is 6.99. The predicted octanol–water partition coefficient (Wildman–Crippen LogP) is 3.44. The molecule has 21 heavy (non-hydrogen) atoms. The number of benzene rings is 1. The van der Waals surface area contributed by atoms with Crippen molar-refractivity contribution in [2.24, 2.45) is 0 Å². The molecule has 1 aromatic rings. The summed E-state index contributed by atoms with van der Waals surface area (Å²) >= 11 is 2.97. The van der Waals surface area contributed by atoms with Gasteiger partial charge in [-0.2, -0.15) is 0 Å². The van der Waals surface area contributed by atoms with Crippen molar-refractivity contribution < 1.29 is 23.5 Å². The van der Waals surface area contributed by atoms with E-state index in [1.54, 1.807) is 13.8 Å². The van der Waals surface area contributed by atoms with Crippen LogP contribution in [0.4, 0.5) is 19.3 Å². The highest BCUT2D eigenvalue weighted by atomic mass is 79.9. The Balaban J connectivity index is 2.91. The van der Waals surface area contributed by atoms with Crippen LogP contribution in [0.1, 0.15) is 20.3 Å². The first-order chi connectivity index (χ1) is 9.76. The van der Waals surface area contributed by atoms with Gasteiger partial charge in [-0.05, 0) is 35.8 Å². The molecule has 1 atom stereocenters. The third kappa shape index (κ3) is 4.66. The maximum absolute atomic E-state index is 13.7. The lowest BCUT2D eigenvalue weighted by Gasteiger charge is -2.27. The van der Waals surface area contributed by atoms with E-state index in [2.05, 4.69) is 21.2 Å². The average Bonchev–Trinajstić information content (AvgIpc) is 2.33. The molecule has 0 saturated carbocycles. The summed E-state index contributed by atoms with van der Waals surface area (Å²) < 4.78 is 26.7. The molecule has 0 aliphatic carbocycles. The highest BCUT2D eigenvalue weighted by Crippen LogP contribution is 2.27. The fraction of sp³-hybridized carbons (Fsp3) is 0.385. The number of carboxylic acids is 1. The van der Waals surface area contributed by atoms with Crippen molar-refractivity contribution in [2.45, 2.75) is 26.3 Å². The van der Waals surface area contributed by atoms with E-state index in [1.807, 2.05) is 0 Å². The number of anilines is 1. The third-order valence-corrected chi connectivity index (χ3v) is 3.47. The maximum Gasteiger partial charge on any atom is 0.322 e. The highest BCUT2D eigenvalue weighted by molar-refractivity contribution is 9.10. The van der Waals surface area contributed by atoms with E-state index in [0.29, 0.717) is 6.07 Å². The van der Waals surface area contributed by atoms with Gasteiger partial charge >= 0.3 is 12.0 Å². The van der Waals surface area contributed by atoms with E-state index < -0.39 is 29.7 Å². The molecular formula is C13H15BrF2N2O3. The Labute approximate surface area is 129 Å². The van der Waals surface area contributed by atoms with Crippen LogP contribution in [0.15, 0.2) is 16.6 Å². The normalized spacial score (nSPS) is 11.9. The van der Waals surface area contributed by atoms with Gasteiger partial charge in [0.15, 0.2) is 5.82 Å². The van der Waals surface area contributed by atoms with Crippen LogP contribution in [0.3, 0.4) is 0 Å². The van der Waals surface area contributed by atoms with Crippen molar-refractivity contribution in [2.75, 3.05) is 11.9 Å². The second kappa shape index (κ2) is 7.35. The number of urea groups is 1. The Hall–Kier alpha value is -1.70. The van der Waals surface area contributed by atoms with Crippen LogP contribution in [-0.2, 0) is 4.79 Å². The van der Waals surface area contributed by atoms with Gasteiger partial charge in [0.05, 0.1) is 12.1 Å². The zero-order chi connectivity index (χ0) is 16.2. The SMILES string of the molecule is CCN(C(=O)Nc1c(F)cc(F)cc1Br)C(C)CC(=O)O. The lowest BCUT2D eigenvalue weighted by Crippen LogP contribution is -2.42. The summed E-state index contributed by atoms with van der Waals surface area (Å²) in [6, 6.07) is 0.458. The topological polar surface area (TPSA) is 69.6 Å². The Morgan fingerprint density at radius 1 is 1.43 bits per heavy atom. The molecule has 0 aromatic heterocycles. The minimum Gasteiger partial charge on any atom is -0.481 e. The number of nitrogens with one attached hydrogen (secondary N) is 1. The molecule has 0 bridgehead atoms. The monoisotopic (exact) mass is 364 g/mol. The number of carboxylic acid groups (broad SMARTS) is 1. The molecule has 1 aromatic carbocycles. The van der Waals surface area contributed by atoms with Gasteiger partial charge in [-0.25, -0.2) is 13.6 Å². The van der Waals surface area contributed by atoms with E-state index in [-0.39, 0.29) is 23.1 Å². The average molecular weight is 365 g/mol. The summed E-state index contributed by atoms with van der Waals surface area (Å²) in [6.07, 6.45) is -0.228.